The SMILES string of the molecule is P.[GeH4].[GeH4].[GeH4]. The van der Waals surface area contributed by atoms with Gasteiger partial charge in [0.15, 0.2) is 0 Å². The van der Waals surface area contributed by atoms with Gasteiger partial charge in [0.25, 0.3) is 0 Å². The zero-order valence-corrected chi connectivity index (χ0v) is 2.12. The second kappa shape index (κ2) is 19.7. The molecule has 0 saturated carbocycles. The van der Waals surface area contributed by atoms with Crippen molar-refractivity contribution in [2.75, 3.05) is 0 Å². The summed E-state index contributed by atoms with van der Waals surface area (Å²) in [6.07, 6.45) is 0. The molecule has 1 unspecified atom stereocenters. The number of rotatable bonds is 0. The molecule has 0 nitrogen and oxygen atoms in total. The Morgan fingerprint density at radius 1 is 0.500 bits per heavy atom. The average molecular weight is 264 g/mol. The molecule has 4 heavy (non-hydrogen) atoms. The van der Waals surface area contributed by atoms with Gasteiger partial charge in [0.05, 0.1) is 0 Å². The molecule has 4 heteroatoms. The molecule has 32 valence electrons. The fourth-order valence-electron chi connectivity index (χ4n) is 0. The van der Waals surface area contributed by atoms with Gasteiger partial charge in [-0.2, -0.15) is 9.90 Å². The van der Waals surface area contributed by atoms with Gasteiger partial charge in [-0.1, -0.05) is 0 Å². The number of hydrogen-bond donors (Lipinski definition) is 0. The summed E-state index contributed by atoms with van der Waals surface area (Å²) < 4.78 is 0. The van der Waals surface area contributed by atoms with Crippen molar-refractivity contribution in [2.45, 2.75) is 0 Å². The van der Waals surface area contributed by atoms with Crippen LogP contribution in [0.3, 0.4) is 0 Å². The van der Waals surface area contributed by atoms with Crippen LogP contribution in [-0.2, 0) is 0 Å². The molecule has 0 N–H and O–H groups in total. The van der Waals surface area contributed by atoms with Crippen LogP contribution < -0.4 is 0 Å². The Hall–Kier alpha value is 2.06. The van der Waals surface area contributed by atoms with Crippen molar-refractivity contribution in [3.05, 3.63) is 0 Å². The number of hydrogen-bond acceptors (Lipinski definition) is 0. The molecule has 0 aliphatic rings. The minimum atomic E-state index is 0. The molecule has 0 fully saturated rings. The molecule has 0 aliphatic carbocycles. The third kappa shape index (κ3) is 8.96. The van der Waals surface area contributed by atoms with Crippen LogP contribution in [0.15, 0.2) is 0 Å². The van der Waals surface area contributed by atoms with E-state index in [1.165, 1.54) is 0 Å². The van der Waals surface area contributed by atoms with Crippen LogP contribution in [0.2, 0.25) is 0 Å². The third-order valence-corrected chi connectivity index (χ3v) is 0. The van der Waals surface area contributed by atoms with Gasteiger partial charge in [-0.25, -0.2) is 0 Å². The van der Waals surface area contributed by atoms with E-state index >= 15 is 0 Å². The topological polar surface area (TPSA) is 0 Å². The average Bonchev–Trinajstić information content (AvgIpc) is 0. The molecular weight excluding hydrogens is 249 g/mol. The molecule has 0 radical (unpaired) electrons. The molecule has 0 aromatic rings. The van der Waals surface area contributed by atoms with Crippen molar-refractivity contribution in [3.8, 4) is 0 Å². The van der Waals surface area contributed by atoms with E-state index in [4.69, 9.17) is 0 Å². The third-order valence-electron chi connectivity index (χ3n) is 0. The first-order valence-electron chi connectivity index (χ1n) is 0. The summed E-state index contributed by atoms with van der Waals surface area (Å²) in [5.74, 6) is 0. The van der Waals surface area contributed by atoms with Crippen molar-refractivity contribution < 1.29 is 0 Å². The second-order valence-electron chi connectivity index (χ2n) is 0. The Kier molecular flexibility index (Phi) is 180. The van der Waals surface area contributed by atoms with Crippen LogP contribution in [0.4, 0.5) is 0 Å². The fraction of sp³-hybridized carbons (Fsp3) is 0. The van der Waals surface area contributed by atoms with Crippen molar-refractivity contribution in [2.24, 2.45) is 0 Å². The van der Waals surface area contributed by atoms with Crippen molar-refractivity contribution in [3.63, 3.8) is 0 Å². The van der Waals surface area contributed by atoms with Gasteiger partial charge in [0.1, 0.15) is 0 Å². The fourth-order valence-corrected chi connectivity index (χ4v) is 0. The minimum absolute atomic E-state index is 0. The summed E-state index contributed by atoms with van der Waals surface area (Å²) in [6, 6.07) is 0. The summed E-state index contributed by atoms with van der Waals surface area (Å²) in [7, 11) is 0. The predicted octanol–water partition coefficient (Wildman–Crippen LogP) is -4.30. The molecule has 0 bridgehead atoms. The summed E-state index contributed by atoms with van der Waals surface area (Å²) in [4.78, 5) is 0. The first-order valence-corrected chi connectivity index (χ1v) is 0. The van der Waals surface area contributed by atoms with Gasteiger partial charge in [-0.15, -0.1) is 0 Å². The van der Waals surface area contributed by atoms with Crippen LogP contribution >= 0.6 is 9.90 Å². The molecule has 0 aliphatic heterocycles. The molecular formula is H15Ge3P. The van der Waals surface area contributed by atoms with Gasteiger partial charge in [0.2, 0.25) is 0 Å². The molecule has 0 aromatic heterocycles. The van der Waals surface area contributed by atoms with Crippen molar-refractivity contribution >= 4 is 62.7 Å². The molecule has 0 amide bonds. The van der Waals surface area contributed by atoms with E-state index in [1.54, 1.807) is 0 Å². The zero-order chi connectivity index (χ0) is 0. The van der Waals surface area contributed by atoms with E-state index in [1.807, 2.05) is 0 Å². The standard InChI is InChI=1S/3GeH4.H3P/h3*1H4;1H3. The van der Waals surface area contributed by atoms with E-state index in [2.05, 4.69) is 0 Å². The van der Waals surface area contributed by atoms with Crippen LogP contribution in [-0.4, -0.2) is 52.8 Å². The normalized spacial score (nSPS) is 0. The van der Waals surface area contributed by atoms with Crippen LogP contribution in [0.5, 0.6) is 0 Å². The van der Waals surface area contributed by atoms with Crippen molar-refractivity contribution in [1.82, 2.24) is 0 Å². The van der Waals surface area contributed by atoms with E-state index in [9.17, 15) is 0 Å². The van der Waals surface area contributed by atoms with E-state index in [0.717, 1.165) is 0 Å². The summed E-state index contributed by atoms with van der Waals surface area (Å²) >= 11 is 0. The van der Waals surface area contributed by atoms with E-state index < -0.39 is 0 Å². The van der Waals surface area contributed by atoms with Crippen LogP contribution in [0.1, 0.15) is 0 Å². The molecule has 0 heterocycles. The van der Waals surface area contributed by atoms with Crippen LogP contribution in [0.25, 0.3) is 0 Å². The summed E-state index contributed by atoms with van der Waals surface area (Å²) in [6.45, 7) is 0. The Morgan fingerprint density at radius 3 is 0.500 bits per heavy atom. The van der Waals surface area contributed by atoms with E-state index in [-0.39, 0.29) is 62.7 Å². The molecule has 0 aromatic carbocycles. The first kappa shape index (κ1) is 36.6. The maximum atomic E-state index is 0. The van der Waals surface area contributed by atoms with Gasteiger partial charge in [-0.3, -0.25) is 0 Å². The van der Waals surface area contributed by atoms with E-state index in [0.29, 0.717) is 0 Å². The van der Waals surface area contributed by atoms with Crippen LogP contribution in [0, 0.1) is 0 Å². The Bertz CT molecular complexity index is 3.25. The second-order valence-corrected chi connectivity index (χ2v) is 0. The Balaban J connectivity index is 0. The molecule has 0 spiro atoms. The molecule has 1 atom stereocenters. The molecule has 0 rings (SSSR count). The quantitative estimate of drug-likeness (QED) is 0.307. The maximum absolute atomic E-state index is 0. The van der Waals surface area contributed by atoms with Gasteiger partial charge < -0.3 is 0 Å². The summed E-state index contributed by atoms with van der Waals surface area (Å²) in [5.41, 5.74) is 0. The predicted molar refractivity (Wildman–Crippen MR) is 45.1 cm³/mol. The van der Waals surface area contributed by atoms with Gasteiger partial charge in [0, 0.05) is 0 Å². The summed E-state index contributed by atoms with van der Waals surface area (Å²) in [5, 5.41) is 0. The first-order chi connectivity index (χ1) is 0. The van der Waals surface area contributed by atoms with Crippen molar-refractivity contribution in [1.29, 1.82) is 0 Å². The monoisotopic (exact) mass is 268 g/mol. The van der Waals surface area contributed by atoms with Gasteiger partial charge >= 0.3 is 52.8 Å². The Labute approximate surface area is 62.4 Å². The molecule has 0 saturated heterocycles. The Morgan fingerprint density at radius 2 is 0.500 bits per heavy atom. The zero-order valence-electron chi connectivity index (χ0n) is 0.707. The van der Waals surface area contributed by atoms with Gasteiger partial charge in [-0.05, 0) is 0 Å².